The lowest BCUT2D eigenvalue weighted by Gasteiger charge is -2.13. The molecular weight excluding hydrogens is 256 g/mol. The van der Waals surface area contributed by atoms with Crippen LogP contribution >= 0.6 is 0 Å². The van der Waals surface area contributed by atoms with E-state index >= 15 is 0 Å². The second-order valence-electron chi connectivity index (χ2n) is 4.77. The van der Waals surface area contributed by atoms with Gasteiger partial charge in [-0.05, 0) is 44.9 Å². The van der Waals surface area contributed by atoms with Gasteiger partial charge in [0.05, 0.1) is 0 Å². The topological polar surface area (TPSA) is 66.8 Å². The number of hydrogen-bond acceptors (Lipinski definition) is 4. The highest BCUT2D eigenvalue weighted by atomic mass is 16.5. The lowest BCUT2D eigenvalue weighted by Crippen LogP contribution is -2.04. The maximum atomic E-state index is 11.2. The molecule has 0 aliphatic heterocycles. The number of esters is 1. The van der Waals surface area contributed by atoms with Crippen molar-refractivity contribution in [2.75, 3.05) is 6.61 Å². The molecule has 0 atom stereocenters. The molecule has 4 nitrogen and oxygen atoms in total. The lowest BCUT2D eigenvalue weighted by molar-refractivity contribution is -0.137. The van der Waals surface area contributed by atoms with Crippen molar-refractivity contribution in [2.24, 2.45) is 0 Å². The van der Waals surface area contributed by atoms with Gasteiger partial charge in [-0.1, -0.05) is 12.7 Å². The van der Waals surface area contributed by atoms with Crippen LogP contribution in [0.5, 0.6) is 11.5 Å². The van der Waals surface area contributed by atoms with Gasteiger partial charge in [0.2, 0.25) is 0 Å². The molecule has 0 saturated carbocycles. The van der Waals surface area contributed by atoms with E-state index in [0.717, 1.165) is 0 Å². The summed E-state index contributed by atoms with van der Waals surface area (Å²) in [6.07, 6.45) is 3.24. The van der Waals surface area contributed by atoms with Gasteiger partial charge in [-0.15, -0.1) is 0 Å². The zero-order valence-corrected chi connectivity index (χ0v) is 12.3. The third-order valence-corrected chi connectivity index (χ3v) is 3.23. The van der Waals surface area contributed by atoms with Crippen molar-refractivity contribution in [2.45, 2.75) is 27.7 Å². The number of phenols is 2. The summed E-state index contributed by atoms with van der Waals surface area (Å²) in [4.78, 5) is 11.2. The predicted molar refractivity (Wildman–Crippen MR) is 78.8 cm³/mol. The highest BCUT2D eigenvalue weighted by Crippen LogP contribution is 2.36. The molecule has 1 aromatic rings. The first-order valence-electron chi connectivity index (χ1n) is 6.28. The summed E-state index contributed by atoms with van der Waals surface area (Å²) in [6, 6.07) is 0. The molecule has 0 unspecified atom stereocenters. The van der Waals surface area contributed by atoms with Gasteiger partial charge in [-0.3, -0.25) is 0 Å². The molecule has 1 rings (SSSR count). The van der Waals surface area contributed by atoms with E-state index in [1.807, 2.05) is 0 Å². The Morgan fingerprint density at radius 1 is 1.15 bits per heavy atom. The monoisotopic (exact) mass is 276 g/mol. The fraction of sp³-hybridized carbons (Fsp3) is 0.312. The molecule has 0 aliphatic rings. The molecule has 2 N–H and O–H groups in total. The van der Waals surface area contributed by atoms with Gasteiger partial charge in [-0.2, -0.15) is 0 Å². The number of ether oxygens (including phenoxy) is 1. The minimum Gasteiger partial charge on any atom is -0.507 e. The number of phenolic OH excluding ortho intramolecular Hbond substituents is 2. The summed E-state index contributed by atoms with van der Waals surface area (Å²) < 4.78 is 4.92. The number of carbonyl (C=O) groups excluding carboxylic acids is 1. The van der Waals surface area contributed by atoms with E-state index in [-0.39, 0.29) is 18.1 Å². The summed E-state index contributed by atoms with van der Waals surface area (Å²) >= 11 is 0. The second kappa shape index (κ2) is 6.28. The average molecular weight is 276 g/mol. The normalized spacial score (nSPS) is 10.8. The molecular formula is C16H20O4. The minimum absolute atomic E-state index is 0.0816. The van der Waals surface area contributed by atoms with Crippen molar-refractivity contribution in [3.8, 4) is 11.5 Å². The van der Waals surface area contributed by atoms with E-state index in [1.54, 1.807) is 39.8 Å². The molecule has 20 heavy (non-hydrogen) atoms. The first kappa shape index (κ1) is 15.8. The van der Waals surface area contributed by atoms with Crippen LogP contribution in [0.1, 0.15) is 29.2 Å². The molecule has 0 saturated heterocycles. The van der Waals surface area contributed by atoms with Crippen molar-refractivity contribution in [1.82, 2.24) is 0 Å². The van der Waals surface area contributed by atoms with E-state index in [4.69, 9.17) is 4.74 Å². The molecule has 108 valence electrons. The molecule has 1 aromatic carbocycles. The van der Waals surface area contributed by atoms with Crippen LogP contribution in [0, 0.1) is 20.8 Å². The Labute approximate surface area is 119 Å². The van der Waals surface area contributed by atoms with E-state index in [2.05, 4.69) is 6.58 Å². The van der Waals surface area contributed by atoms with E-state index in [1.165, 1.54) is 0 Å². The molecule has 0 aromatic heterocycles. The first-order valence-corrected chi connectivity index (χ1v) is 6.28. The summed E-state index contributed by atoms with van der Waals surface area (Å²) in [6.45, 7) is 10.3. The number of aromatic hydroxyl groups is 2. The van der Waals surface area contributed by atoms with Crippen LogP contribution in [0.3, 0.4) is 0 Å². The Morgan fingerprint density at radius 3 is 2.25 bits per heavy atom. The SMILES string of the molecule is C=C(C)C(=O)OC/C=C/c1c(C)c(O)c(C)c(C)c1O. The molecule has 0 aliphatic carbocycles. The fourth-order valence-corrected chi connectivity index (χ4v) is 1.76. The Bertz CT molecular complexity index is 554. The minimum atomic E-state index is -0.460. The molecule has 0 bridgehead atoms. The van der Waals surface area contributed by atoms with Crippen molar-refractivity contribution >= 4 is 12.0 Å². The van der Waals surface area contributed by atoms with Crippen molar-refractivity contribution in [1.29, 1.82) is 0 Å². The van der Waals surface area contributed by atoms with Crippen LogP contribution in [0.4, 0.5) is 0 Å². The van der Waals surface area contributed by atoms with E-state index < -0.39 is 5.97 Å². The summed E-state index contributed by atoms with van der Waals surface area (Å²) in [5, 5.41) is 20.1. The van der Waals surface area contributed by atoms with Crippen molar-refractivity contribution in [3.05, 3.63) is 40.5 Å². The Morgan fingerprint density at radius 2 is 1.70 bits per heavy atom. The first-order chi connectivity index (χ1) is 9.27. The summed E-state index contributed by atoms with van der Waals surface area (Å²) in [5.41, 5.74) is 2.74. The smallest absolute Gasteiger partial charge is 0.333 e. The third kappa shape index (κ3) is 3.20. The summed E-state index contributed by atoms with van der Waals surface area (Å²) in [5.74, 6) is -0.169. The van der Waals surface area contributed by atoms with E-state index in [0.29, 0.717) is 27.8 Å². The van der Waals surface area contributed by atoms with Gasteiger partial charge in [-0.25, -0.2) is 4.79 Å². The lowest BCUT2D eigenvalue weighted by atomic mass is 9.97. The molecule has 0 spiro atoms. The average Bonchev–Trinajstić information content (AvgIpc) is 2.41. The second-order valence-corrected chi connectivity index (χ2v) is 4.77. The quantitative estimate of drug-likeness (QED) is 0.503. The van der Waals surface area contributed by atoms with Crippen molar-refractivity contribution < 1.29 is 19.7 Å². The Hall–Kier alpha value is -2.23. The number of benzene rings is 1. The van der Waals surface area contributed by atoms with Crippen LogP contribution < -0.4 is 0 Å². The molecule has 0 heterocycles. The van der Waals surface area contributed by atoms with Crippen LogP contribution in [-0.2, 0) is 9.53 Å². The van der Waals surface area contributed by atoms with Gasteiger partial charge < -0.3 is 14.9 Å². The Balaban J connectivity index is 2.94. The van der Waals surface area contributed by atoms with Crippen LogP contribution in [0.15, 0.2) is 18.2 Å². The van der Waals surface area contributed by atoms with E-state index in [9.17, 15) is 15.0 Å². The maximum absolute atomic E-state index is 11.2. The Kier molecular flexibility index (Phi) is 4.97. The highest BCUT2D eigenvalue weighted by Gasteiger charge is 2.14. The van der Waals surface area contributed by atoms with Gasteiger partial charge in [0, 0.05) is 16.7 Å². The van der Waals surface area contributed by atoms with Crippen LogP contribution in [0.25, 0.3) is 6.08 Å². The fourth-order valence-electron chi connectivity index (χ4n) is 1.76. The molecule has 0 radical (unpaired) electrons. The number of rotatable bonds is 4. The molecule has 0 fully saturated rings. The summed E-state index contributed by atoms with van der Waals surface area (Å²) in [7, 11) is 0. The highest BCUT2D eigenvalue weighted by molar-refractivity contribution is 5.87. The molecule has 0 amide bonds. The van der Waals surface area contributed by atoms with Gasteiger partial charge in [0.1, 0.15) is 18.1 Å². The number of hydrogen-bond donors (Lipinski definition) is 2. The zero-order chi connectivity index (χ0) is 15.4. The standard InChI is InChI=1S/C16H20O4/c1-9(2)16(19)20-8-6-7-13-12(5)14(17)10(3)11(4)15(13)18/h6-7,17-18H,1,8H2,2-5H3/b7-6+. The van der Waals surface area contributed by atoms with Crippen LogP contribution in [0.2, 0.25) is 0 Å². The van der Waals surface area contributed by atoms with Crippen molar-refractivity contribution in [3.63, 3.8) is 0 Å². The third-order valence-electron chi connectivity index (χ3n) is 3.23. The van der Waals surface area contributed by atoms with Crippen LogP contribution in [-0.4, -0.2) is 22.8 Å². The zero-order valence-electron chi connectivity index (χ0n) is 12.3. The number of carbonyl (C=O) groups is 1. The molecule has 4 heteroatoms. The van der Waals surface area contributed by atoms with Gasteiger partial charge >= 0.3 is 5.97 Å². The maximum Gasteiger partial charge on any atom is 0.333 e. The predicted octanol–water partition coefficient (Wildman–Crippen LogP) is 3.16. The van der Waals surface area contributed by atoms with Gasteiger partial charge in [0.25, 0.3) is 0 Å². The van der Waals surface area contributed by atoms with Gasteiger partial charge in [0.15, 0.2) is 0 Å². The largest absolute Gasteiger partial charge is 0.507 e.